The van der Waals surface area contributed by atoms with Gasteiger partial charge in [0.1, 0.15) is 42.4 Å². The first kappa shape index (κ1) is 31.2. The van der Waals surface area contributed by atoms with Crippen molar-refractivity contribution in [2.24, 2.45) is 0 Å². The minimum Gasteiger partial charge on any atom is -0.493 e. The van der Waals surface area contributed by atoms with Gasteiger partial charge in [-0.2, -0.15) is 0 Å². The van der Waals surface area contributed by atoms with E-state index in [0.717, 1.165) is 0 Å². The minimum absolute atomic E-state index is 0.0381. The lowest BCUT2D eigenvalue weighted by Gasteiger charge is -2.39. The van der Waals surface area contributed by atoms with Gasteiger partial charge < -0.3 is 65.0 Å². The van der Waals surface area contributed by atoms with Gasteiger partial charge >= 0.3 is 0 Å². The SMILES string of the molecule is CCOC1=C(Nc2cccc(C(=O)NCCOCCOCCOC3O[C@H](CO)[C@@H](O)[C@H](O)[C@@H]3O)c2)C(O)C1O. The molecule has 1 heterocycles. The summed E-state index contributed by atoms with van der Waals surface area (Å²) in [6.45, 7) is 2.81. The highest BCUT2D eigenvalue weighted by molar-refractivity contribution is 5.95. The monoisotopic (exact) mass is 558 g/mol. The fourth-order valence-corrected chi connectivity index (χ4v) is 3.95. The molecule has 2 aliphatic rings. The van der Waals surface area contributed by atoms with Crippen molar-refractivity contribution in [1.82, 2.24) is 5.32 Å². The highest BCUT2D eigenvalue weighted by Gasteiger charge is 2.44. The summed E-state index contributed by atoms with van der Waals surface area (Å²) in [7, 11) is 0. The van der Waals surface area contributed by atoms with Crippen molar-refractivity contribution >= 4 is 11.6 Å². The van der Waals surface area contributed by atoms with Gasteiger partial charge in [-0.25, -0.2) is 0 Å². The quantitative estimate of drug-likeness (QED) is 0.100. The molecule has 3 rings (SSSR count). The molecule has 3 unspecified atom stereocenters. The fourth-order valence-electron chi connectivity index (χ4n) is 3.95. The minimum atomic E-state index is -1.50. The van der Waals surface area contributed by atoms with E-state index in [0.29, 0.717) is 23.6 Å². The molecular formula is C25H38N2O12. The van der Waals surface area contributed by atoms with E-state index >= 15 is 0 Å². The average Bonchev–Trinajstić information content (AvgIpc) is 2.95. The fraction of sp³-hybridized carbons (Fsp3) is 0.640. The van der Waals surface area contributed by atoms with Crippen LogP contribution in [0.2, 0.25) is 0 Å². The van der Waals surface area contributed by atoms with E-state index < -0.39 is 49.5 Å². The molecule has 1 aliphatic heterocycles. The summed E-state index contributed by atoms with van der Waals surface area (Å²) in [4.78, 5) is 12.5. The molecule has 14 nitrogen and oxygen atoms in total. The molecule has 1 aromatic rings. The lowest BCUT2D eigenvalue weighted by molar-refractivity contribution is -0.302. The number of carbonyl (C=O) groups is 1. The smallest absolute Gasteiger partial charge is 0.251 e. The summed E-state index contributed by atoms with van der Waals surface area (Å²) >= 11 is 0. The molecule has 0 spiro atoms. The highest BCUT2D eigenvalue weighted by Crippen LogP contribution is 2.31. The van der Waals surface area contributed by atoms with Gasteiger partial charge in [0, 0.05) is 17.8 Å². The van der Waals surface area contributed by atoms with E-state index in [-0.39, 0.29) is 51.2 Å². The molecule has 1 fully saturated rings. The Labute approximate surface area is 225 Å². The number of aliphatic hydroxyl groups excluding tert-OH is 6. The average molecular weight is 559 g/mol. The Morgan fingerprint density at radius 1 is 0.949 bits per heavy atom. The Bertz CT molecular complexity index is 945. The van der Waals surface area contributed by atoms with E-state index in [1.54, 1.807) is 31.2 Å². The summed E-state index contributed by atoms with van der Waals surface area (Å²) in [6.07, 6.45) is -8.81. The lowest BCUT2D eigenvalue weighted by atomic mass is 9.95. The van der Waals surface area contributed by atoms with Crippen LogP contribution >= 0.6 is 0 Å². The summed E-state index contributed by atoms with van der Waals surface area (Å²) in [5.41, 5.74) is 1.32. The second-order valence-corrected chi connectivity index (χ2v) is 8.86. The van der Waals surface area contributed by atoms with Crippen molar-refractivity contribution in [1.29, 1.82) is 0 Å². The molecule has 0 bridgehead atoms. The first-order valence-electron chi connectivity index (χ1n) is 12.7. The summed E-state index contributed by atoms with van der Waals surface area (Å²) in [5, 5.41) is 64.1. The van der Waals surface area contributed by atoms with Gasteiger partial charge in [0.25, 0.3) is 5.91 Å². The lowest BCUT2D eigenvalue weighted by Crippen LogP contribution is -2.59. The second-order valence-electron chi connectivity index (χ2n) is 8.86. The zero-order chi connectivity index (χ0) is 28.4. The maximum Gasteiger partial charge on any atom is 0.251 e. The van der Waals surface area contributed by atoms with Crippen molar-refractivity contribution in [2.75, 3.05) is 58.1 Å². The number of amides is 1. The van der Waals surface area contributed by atoms with E-state index in [1.165, 1.54) is 0 Å². The van der Waals surface area contributed by atoms with Crippen molar-refractivity contribution in [3.63, 3.8) is 0 Å². The molecule has 14 heteroatoms. The molecule has 39 heavy (non-hydrogen) atoms. The van der Waals surface area contributed by atoms with Crippen LogP contribution in [-0.2, 0) is 23.7 Å². The van der Waals surface area contributed by atoms with Crippen molar-refractivity contribution in [3.05, 3.63) is 41.3 Å². The third-order valence-corrected chi connectivity index (χ3v) is 6.09. The van der Waals surface area contributed by atoms with Gasteiger partial charge in [-0.15, -0.1) is 0 Å². The number of aliphatic hydroxyl groups is 6. The van der Waals surface area contributed by atoms with Crippen LogP contribution in [0.1, 0.15) is 17.3 Å². The molecule has 0 aromatic heterocycles. The zero-order valence-electron chi connectivity index (χ0n) is 21.6. The molecule has 0 radical (unpaired) electrons. The predicted octanol–water partition coefficient (Wildman–Crippen LogP) is -2.34. The third kappa shape index (κ3) is 8.31. The Balaban J connectivity index is 1.26. The van der Waals surface area contributed by atoms with Crippen LogP contribution in [-0.4, -0.2) is 132 Å². The van der Waals surface area contributed by atoms with Gasteiger partial charge in [-0.05, 0) is 25.1 Å². The number of hydrogen-bond acceptors (Lipinski definition) is 13. The molecule has 8 N–H and O–H groups in total. The van der Waals surface area contributed by atoms with Gasteiger partial charge in [-0.1, -0.05) is 6.07 Å². The van der Waals surface area contributed by atoms with Crippen LogP contribution < -0.4 is 10.6 Å². The van der Waals surface area contributed by atoms with Crippen LogP contribution in [0.15, 0.2) is 35.7 Å². The third-order valence-electron chi connectivity index (χ3n) is 6.09. The Morgan fingerprint density at radius 2 is 1.67 bits per heavy atom. The normalized spacial score (nSPS) is 28.6. The summed E-state index contributed by atoms with van der Waals surface area (Å²) in [5.74, 6) is -0.0284. The molecule has 0 saturated carbocycles. The van der Waals surface area contributed by atoms with Crippen LogP contribution in [0.4, 0.5) is 5.69 Å². The summed E-state index contributed by atoms with van der Waals surface area (Å²) in [6, 6.07) is 6.67. The first-order chi connectivity index (χ1) is 18.8. The second kappa shape index (κ2) is 15.4. The summed E-state index contributed by atoms with van der Waals surface area (Å²) < 4.78 is 26.7. The number of benzene rings is 1. The first-order valence-corrected chi connectivity index (χ1v) is 12.7. The largest absolute Gasteiger partial charge is 0.493 e. The number of rotatable bonds is 16. The van der Waals surface area contributed by atoms with Gasteiger partial charge in [0.2, 0.25) is 0 Å². The van der Waals surface area contributed by atoms with E-state index in [4.69, 9.17) is 23.7 Å². The van der Waals surface area contributed by atoms with Crippen LogP contribution in [0.3, 0.4) is 0 Å². The van der Waals surface area contributed by atoms with Crippen LogP contribution in [0.25, 0.3) is 0 Å². The Hall–Kier alpha value is -2.37. The molecule has 1 aliphatic carbocycles. The highest BCUT2D eigenvalue weighted by atomic mass is 16.7. The standard InChI is InChI=1S/C25H38N2O12/c1-2-37-23-17(19(30)21(23)32)27-15-5-3-4-14(12-15)24(34)26-6-7-35-8-9-36-10-11-38-25-22(33)20(31)18(29)16(13-28)39-25/h3-5,12,16,18-22,25,27-33H,2,6-11,13H2,1H3,(H,26,34)/t16-,18-,19?,20+,21?,22+,25?/m1/s1. The zero-order valence-corrected chi connectivity index (χ0v) is 21.6. The van der Waals surface area contributed by atoms with Crippen molar-refractivity contribution in [2.45, 2.75) is 49.8 Å². The van der Waals surface area contributed by atoms with Crippen LogP contribution in [0, 0.1) is 0 Å². The molecule has 1 aromatic carbocycles. The maximum absolute atomic E-state index is 12.5. The van der Waals surface area contributed by atoms with Crippen LogP contribution in [0.5, 0.6) is 0 Å². The van der Waals surface area contributed by atoms with E-state index in [9.17, 15) is 35.4 Å². The van der Waals surface area contributed by atoms with Gasteiger partial charge in [-0.3, -0.25) is 4.79 Å². The van der Waals surface area contributed by atoms with Gasteiger partial charge in [0.15, 0.2) is 6.29 Å². The number of carbonyl (C=O) groups excluding carboxylic acids is 1. The number of anilines is 1. The van der Waals surface area contributed by atoms with Crippen molar-refractivity contribution in [3.8, 4) is 0 Å². The molecular weight excluding hydrogens is 520 g/mol. The maximum atomic E-state index is 12.5. The predicted molar refractivity (Wildman–Crippen MR) is 134 cm³/mol. The number of hydrogen-bond donors (Lipinski definition) is 8. The van der Waals surface area contributed by atoms with Gasteiger partial charge in [0.05, 0.1) is 51.9 Å². The Kier molecular flexibility index (Phi) is 12.3. The van der Waals surface area contributed by atoms with E-state index in [2.05, 4.69) is 10.6 Å². The molecule has 1 saturated heterocycles. The molecule has 1 amide bonds. The Morgan fingerprint density at radius 3 is 2.38 bits per heavy atom. The number of nitrogens with one attached hydrogen (secondary N) is 2. The molecule has 220 valence electrons. The van der Waals surface area contributed by atoms with E-state index in [1.807, 2.05) is 0 Å². The molecule has 7 atom stereocenters. The number of ether oxygens (including phenoxy) is 5. The van der Waals surface area contributed by atoms with Crippen molar-refractivity contribution < 1.29 is 59.1 Å². The topological polar surface area (TPSA) is 209 Å².